The Balaban J connectivity index is 2.57. The number of nitrogens with one attached hydrogen (secondary N) is 1. The van der Waals surface area contributed by atoms with E-state index in [0.29, 0.717) is 19.6 Å². The Labute approximate surface area is 71.0 Å². The molecule has 1 aliphatic heterocycles. The Morgan fingerprint density at radius 2 is 2.42 bits per heavy atom. The number of rotatable bonds is 1. The monoisotopic (exact) mass is 174 g/mol. The highest BCUT2D eigenvalue weighted by Crippen LogP contribution is 2.10. The van der Waals surface area contributed by atoms with E-state index >= 15 is 0 Å². The summed E-state index contributed by atoms with van der Waals surface area (Å²) in [5.74, 6) is 0. The summed E-state index contributed by atoms with van der Waals surface area (Å²) in [4.78, 5) is 11.9. The Hall–Kier alpha value is -0.810. The molecule has 0 spiro atoms. The number of amides is 1. The van der Waals surface area contributed by atoms with Crippen LogP contribution >= 0.6 is 0 Å². The van der Waals surface area contributed by atoms with E-state index in [0.717, 1.165) is 0 Å². The fraction of sp³-hybridized carbons (Fsp3) is 0.857. The second-order valence-electron chi connectivity index (χ2n) is 3.35. The summed E-state index contributed by atoms with van der Waals surface area (Å²) in [7, 11) is 0. The van der Waals surface area contributed by atoms with E-state index in [-0.39, 0.29) is 6.61 Å². The number of carbonyl (C=O) groups is 1. The molecule has 3 N–H and O–H groups in total. The van der Waals surface area contributed by atoms with Gasteiger partial charge in [0.2, 0.25) is 0 Å². The van der Waals surface area contributed by atoms with Gasteiger partial charge in [-0.25, -0.2) is 4.79 Å². The van der Waals surface area contributed by atoms with Crippen LogP contribution < -0.4 is 5.32 Å². The minimum Gasteiger partial charge on any atom is -0.465 e. The van der Waals surface area contributed by atoms with Crippen LogP contribution in [0.2, 0.25) is 0 Å². The van der Waals surface area contributed by atoms with E-state index in [4.69, 9.17) is 10.2 Å². The molecule has 1 saturated heterocycles. The maximum absolute atomic E-state index is 10.6. The maximum atomic E-state index is 10.6. The molecule has 70 valence electrons. The molecule has 0 aromatic heterocycles. The number of carboxylic acid groups (broad SMARTS) is 1. The Morgan fingerprint density at radius 1 is 1.75 bits per heavy atom. The molecule has 1 amide bonds. The van der Waals surface area contributed by atoms with Gasteiger partial charge < -0.3 is 20.4 Å². The SMILES string of the molecule is CC1(CO)CN(C(=O)O)CCN1. The molecule has 1 heterocycles. The second-order valence-corrected chi connectivity index (χ2v) is 3.35. The molecule has 1 unspecified atom stereocenters. The summed E-state index contributed by atoms with van der Waals surface area (Å²) < 4.78 is 0. The van der Waals surface area contributed by atoms with Crippen molar-refractivity contribution in [3.8, 4) is 0 Å². The van der Waals surface area contributed by atoms with Gasteiger partial charge in [0.15, 0.2) is 0 Å². The van der Waals surface area contributed by atoms with Crippen LogP contribution in [0.1, 0.15) is 6.92 Å². The van der Waals surface area contributed by atoms with Gasteiger partial charge in [-0.05, 0) is 6.92 Å². The number of aliphatic hydroxyl groups is 1. The van der Waals surface area contributed by atoms with E-state index in [1.165, 1.54) is 4.90 Å². The van der Waals surface area contributed by atoms with Gasteiger partial charge >= 0.3 is 6.09 Å². The van der Waals surface area contributed by atoms with Gasteiger partial charge in [0.1, 0.15) is 0 Å². The van der Waals surface area contributed by atoms with Crippen molar-refractivity contribution >= 4 is 6.09 Å². The van der Waals surface area contributed by atoms with Gasteiger partial charge in [-0.1, -0.05) is 0 Å². The fourth-order valence-corrected chi connectivity index (χ4v) is 1.32. The lowest BCUT2D eigenvalue weighted by Gasteiger charge is -2.38. The molecule has 1 rings (SSSR count). The third kappa shape index (κ3) is 1.86. The van der Waals surface area contributed by atoms with Crippen LogP contribution in [-0.4, -0.2) is 53.0 Å². The zero-order chi connectivity index (χ0) is 9.19. The Kier molecular flexibility index (Phi) is 2.54. The smallest absolute Gasteiger partial charge is 0.407 e. The largest absolute Gasteiger partial charge is 0.465 e. The molecule has 1 aliphatic rings. The number of hydrogen-bond acceptors (Lipinski definition) is 3. The number of nitrogens with zero attached hydrogens (tertiary/aromatic N) is 1. The number of aliphatic hydroxyl groups excluding tert-OH is 1. The van der Waals surface area contributed by atoms with Gasteiger partial charge in [-0.15, -0.1) is 0 Å². The molecule has 0 aliphatic carbocycles. The zero-order valence-electron chi connectivity index (χ0n) is 7.08. The van der Waals surface area contributed by atoms with Crippen LogP contribution in [0.3, 0.4) is 0 Å². The highest BCUT2D eigenvalue weighted by Gasteiger charge is 2.31. The van der Waals surface area contributed by atoms with Crippen molar-refractivity contribution in [2.24, 2.45) is 0 Å². The van der Waals surface area contributed by atoms with Gasteiger partial charge in [-0.3, -0.25) is 0 Å². The molecule has 0 bridgehead atoms. The van der Waals surface area contributed by atoms with Crippen molar-refractivity contribution in [1.29, 1.82) is 0 Å². The summed E-state index contributed by atoms with van der Waals surface area (Å²) in [6.07, 6.45) is -0.920. The van der Waals surface area contributed by atoms with Crippen molar-refractivity contribution < 1.29 is 15.0 Å². The third-order valence-corrected chi connectivity index (χ3v) is 2.09. The first-order chi connectivity index (χ1) is 5.57. The predicted octanol–water partition coefficient (Wildman–Crippen LogP) is -0.679. The van der Waals surface area contributed by atoms with Crippen LogP contribution in [0.15, 0.2) is 0 Å². The molecule has 1 fully saturated rings. The van der Waals surface area contributed by atoms with Crippen LogP contribution in [0.25, 0.3) is 0 Å². The molecule has 5 heteroatoms. The molecule has 0 radical (unpaired) electrons. The third-order valence-electron chi connectivity index (χ3n) is 2.09. The van der Waals surface area contributed by atoms with Crippen molar-refractivity contribution in [3.63, 3.8) is 0 Å². The van der Waals surface area contributed by atoms with Gasteiger partial charge in [0.25, 0.3) is 0 Å². The molecule has 12 heavy (non-hydrogen) atoms. The Bertz CT molecular complexity index is 185. The van der Waals surface area contributed by atoms with E-state index in [2.05, 4.69) is 5.32 Å². The van der Waals surface area contributed by atoms with Crippen molar-refractivity contribution in [3.05, 3.63) is 0 Å². The summed E-state index contributed by atoms with van der Waals surface area (Å²) >= 11 is 0. The first kappa shape index (κ1) is 9.28. The molecule has 0 saturated carbocycles. The van der Waals surface area contributed by atoms with Crippen molar-refractivity contribution in [2.45, 2.75) is 12.5 Å². The first-order valence-corrected chi connectivity index (χ1v) is 3.91. The van der Waals surface area contributed by atoms with Crippen molar-refractivity contribution in [1.82, 2.24) is 10.2 Å². The summed E-state index contributed by atoms with van der Waals surface area (Å²) in [5.41, 5.74) is -0.476. The van der Waals surface area contributed by atoms with Crippen LogP contribution in [0.5, 0.6) is 0 Å². The summed E-state index contributed by atoms with van der Waals surface area (Å²) in [6, 6.07) is 0. The molecule has 0 aromatic carbocycles. The van der Waals surface area contributed by atoms with Crippen molar-refractivity contribution in [2.75, 3.05) is 26.2 Å². The fourth-order valence-electron chi connectivity index (χ4n) is 1.32. The zero-order valence-corrected chi connectivity index (χ0v) is 7.08. The minimum absolute atomic E-state index is 0.0449. The van der Waals surface area contributed by atoms with E-state index in [1.807, 2.05) is 6.92 Å². The van der Waals surface area contributed by atoms with Crippen LogP contribution in [0.4, 0.5) is 4.79 Å². The first-order valence-electron chi connectivity index (χ1n) is 3.91. The lowest BCUT2D eigenvalue weighted by molar-refractivity contribution is 0.0792. The number of piperazine rings is 1. The predicted molar refractivity (Wildman–Crippen MR) is 43.1 cm³/mol. The second kappa shape index (κ2) is 3.28. The van der Waals surface area contributed by atoms with Gasteiger partial charge in [0.05, 0.1) is 12.1 Å². The van der Waals surface area contributed by atoms with Gasteiger partial charge in [0, 0.05) is 19.6 Å². The maximum Gasteiger partial charge on any atom is 0.407 e. The van der Waals surface area contributed by atoms with Crippen LogP contribution in [-0.2, 0) is 0 Å². The summed E-state index contributed by atoms with van der Waals surface area (Å²) in [6.45, 7) is 3.20. The average molecular weight is 174 g/mol. The van der Waals surface area contributed by atoms with Crippen LogP contribution in [0, 0.1) is 0 Å². The lowest BCUT2D eigenvalue weighted by Crippen LogP contribution is -2.61. The molecule has 1 atom stereocenters. The van der Waals surface area contributed by atoms with E-state index < -0.39 is 11.6 Å². The molecular formula is C7H14N2O3. The quantitative estimate of drug-likeness (QED) is 0.492. The average Bonchev–Trinajstić information content (AvgIpc) is 2.05. The van der Waals surface area contributed by atoms with Gasteiger partial charge in [-0.2, -0.15) is 0 Å². The standard InChI is InChI=1S/C7H14N2O3/c1-7(5-10)4-9(6(11)12)3-2-8-7/h8,10H,2-5H2,1H3,(H,11,12). The normalized spacial score (nSPS) is 30.3. The molecular weight excluding hydrogens is 160 g/mol. The number of hydrogen-bond donors (Lipinski definition) is 3. The highest BCUT2D eigenvalue weighted by molar-refractivity contribution is 5.65. The lowest BCUT2D eigenvalue weighted by atomic mass is 10.0. The molecule has 5 nitrogen and oxygen atoms in total. The topological polar surface area (TPSA) is 72.8 Å². The molecule has 0 aromatic rings. The van der Waals surface area contributed by atoms with E-state index in [9.17, 15) is 4.79 Å². The van der Waals surface area contributed by atoms with E-state index in [1.54, 1.807) is 0 Å². The highest BCUT2D eigenvalue weighted by atomic mass is 16.4. The minimum atomic E-state index is -0.920. The summed E-state index contributed by atoms with van der Waals surface area (Å²) in [5, 5.41) is 20.7. The Morgan fingerprint density at radius 3 is 2.92 bits per heavy atom.